The lowest BCUT2D eigenvalue weighted by Gasteiger charge is -2.02. The number of phenolic OH excluding ortho intramolecular Hbond substituents is 1. The topological polar surface area (TPSA) is 72.3 Å². The Bertz CT molecular complexity index is 558. The summed E-state index contributed by atoms with van der Waals surface area (Å²) in [7, 11) is 1.30. The van der Waals surface area contributed by atoms with Gasteiger partial charge in [0.1, 0.15) is 10.8 Å². The average Bonchev–Trinajstić information content (AvgIpc) is 2.41. The van der Waals surface area contributed by atoms with Crippen LogP contribution in [0.25, 0.3) is 0 Å². The van der Waals surface area contributed by atoms with Gasteiger partial charge in [-0.15, -0.1) is 0 Å². The Morgan fingerprint density at radius 2 is 2.00 bits per heavy atom. The smallest absolute Gasteiger partial charge is 0.358 e. The van der Waals surface area contributed by atoms with E-state index >= 15 is 0 Å². The summed E-state index contributed by atoms with van der Waals surface area (Å²) < 4.78 is 4.57. The minimum absolute atomic E-state index is 0.168. The lowest BCUT2D eigenvalue weighted by atomic mass is 10.3. The first-order chi connectivity index (χ1) is 8.69. The fourth-order valence-corrected chi connectivity index (χ4v) is 2.01. The van der Waals surface area contributed by atoms with Gasteiger partial charge in [-0.1, -0.05) is 11.8 Å². The van der Waals surface area contributed by atoms with E-state index in [-0.39, 0.29) is 11.4 Å². The molecule has 5 nitrogen and oxygen atoms in total. The number of methoxy groups -OCH3 is 1. The monoisotopic (exact) mass is 262 g/mol. The number of aromatic nitrogens is 2. The van der Waals surface area contributed by atoms with Gasteiger partial charge in [0.25, 0.3) is 0 Å². The number of rotatable bonds is 3. The third-order valence-corrected chi connectivity index (χ3v) is 2.98. The Balaban J connectivity index is 2.19. The van der Waals surface area contributed by atoms with E-state index in [1.807, 2.05) is 0 Å². The largest absolute Gasteiger partial charge is 0.508 e. The number of aromatic hydroxyl groups is 1. The molecule has 1 N–H and O–H groups in total. The van der Waals surface area contributed by atoms with Gasteiger partial charge in [0.2, 0.25) is 0 Å². The molecule has 2 aromatic rings. The summed E-state index contributed by atoms with van der Waals surface area (Å²) in [5, 5.41) is 9.76. The van der Waals surface area contributed by atoms with Gasteiger partial charge in [-0.05, 0) is 24.3 Å². The SMILES string of the molecule is COC(=O)c1cncc(Sc2ccc(O)cc2)n1. The van der Waals surface area contributed by atoms with Crippen molar-refractivity contribution in [2.24, 2.45) is 0 Å². The number of ether oxygens (including phenoxy) is 1. The van der Waals surface area contributed by atoms with Crippen LogP contribution in [-0.2, 0) is 4.74 Å². The normalized spacial score (nSPS) is 10.1. The second kappa shape index (κ2) is 5.50. The third-order valence-electron chi connectivity index (χ3n) is 2.07. The van der Waals surface area contributed by atoms with Crippen LogP contribution in [0.3, 0.4) is 0 Å². The zero-order valence-electron chi connectivity index (χ0n) is 9.53. The second-order valence-corrected chi connectivity index (χ2v) is 4.42. The van der Waals surface area contributed by atoms with E-state index in [4.69, 9.17) is 0 Å². The van der Waals surface area contributed by atoms with Gasteiger partial charge in [0.05, 0.1) is 19.5 Å². The van der Waals surface area contributed by atoms with Crippen molar-refractivity contribution in [1.29, 1.82) is 0 Å². The van der Waals surface area contributed by atoms with E-state index in [0.29, 0.717) is 5.03 Å². The van der Waals surface area contributed by atoms with Crippen LogP contribution in [0.4, 0.5) is 0 Å². The molecule has 18 heavy (non-hydrogen) atoms. The zero-order valence-corrected chi connectivity index (χ0v) is 10.3. The highest BCUT2D eigenvalue weighted by molar-refractivity contribution is 7.99. The number of carbonyl (C=O) groups is 1. The number of carbonyl (C=O) groups excluding carboxylic acids is 1. The van der Waals surface area contributed by atoms with Crippen molar-refractivity contribution in [3.63, 3.8) is 0 Å². The molecule has 0 aliphatic heterocycles. The van der Waals surface area contributed by atoms with Crippen LogP contribution in [0, 0.1) is 0 Å². The number of esters is 1. The number of hydrogen-bond donors (Lipinski definition) is 1. The molecular formula is C12H10N2O3S. The molecule has 0 bridgehead atoms. The van der Waals surface area contributed by atoms with E-state index in [1.54, 1.807) is 30.5 Å². The lowest BCUT2D eigenvalue weighted by Crippen LogP contribution is -2.05. The predicted octanol–water partition coefficient (Wildman–Crippen LogP) is 2.12. The standard InChI is InChI=1S/C12H10N2O3S/c1-17-12(16)10-6-13-7-11(14-10)18-9-4-2-8(15)3-5-9/h2-7,15H,1H3. The van der Waals surface area contributed by atoms with Crippen molar-refractivity contribution < 1.29 is 14.6 Å². The summed E-state index contributed by atoms with van der Waals surface area (Å²) in [5.74, 6) is -0.315. The summed E-state index contributed by atoms with van der Waals surface area (Å²) in [6.45, 7) is 0. The molecule has 0 aliphatic carbocycles. The number of phenols is 1. The summed E-state index contributed by atoms with van der Waals surface area (Å²) in [5.41, 5.74) is 0.168. The van der Waals surface area contributed by atoms with Crippen molar-refractivity contribution in [3.8, 4) is 5.75 Å². The third kappa shape index (κ3) is 2.98. The van der Waals surface area contributed by atoms with E-state index in [0.717, 1.165) is 4.90 Å². The molecule has 1 heterocycles. The van der Waals surface area contributed by atoms with Crippen LogP contribution >= 0.6 is 11.8 Å². The van der Waals surface area contributed by atoms with Crippen LogP contribution in [0.15, 0.2) is 46.6 Å². The van der Waals surface area contributed by atoms with Crippen molar-refractivity contribution in [2.45, 2.75) is 9.92 Å². The maximum absolute atomic E-state index is 11.3. The Hall–Kier alpha value is -2.08. The number of benzene rings is 1. The molecule has 0 radical (unpaired) electrons. The number of nitrogens with zero attached hydrogens (tertiary/aromatic N) is 2. The molecule has 0 spiro atoms. The van der Waals surface area contributed by atoms with Gasteiger partial charge in [0, 0.05) is 4.90 Å². The first kappa shape index (κ1) is 12.4. The summed E-state index contributed by atoms with van der Waals surface area (Å²) >= 11 is 1.35. The lowest BCUT2D eigenvalue weighted by molar-refractivity contribution is 0.0592. The zero-order chi connectivity index (χ0) is 13.0. The Labute approximate surface area is 108 Å². The Morgan fingerprint density at radius 3 is 2.67 bits per heavy atom. The number of hydrogen-bond acceptors (Lipinski definition) is 6. The van der Waals surface area contributed by atoms with Crippen molar-refractivity contribution in [3.05, 3.63) is 42.4 Å². The van der Waals surface area contributed by atoms with E-state index in [1.165, 1.54) is 25.1 Å². The van der Waals surface area contributed by atoms with Crippen molar-refractivity contribution >= 4 is 17.7 Å². The van der Waals surface area contributed by atoms with Crippen LogP contribution in [0.2, 0.25) is 0 Å². The van der Waals surface area contributed by atoms with Crippen LogP contribution in [0.1, 0.15) is 10.5 Å². The molecule has 1 aromatic carbocycles. The molecule has 1 aromatic heterocycles. The first-order valence-corrected chi connectivity index (χ1v) is 5.88. The van der Waals surface area contributed by atoms with Crippen LogP contribution in [-0.4, -0.2) is 28.2 Å². The molecule has 0 aliphatic rings. The molecule has 6 heteroatoms. The fourth-order valence-electron chi connectivity index (χ4n) is 1.24. The Morgan fingerprint density at radius 1 is 1.28 bits per heavy atom. The van der Waals surface area contributed by atoms with Crippen LogP contribution in [0.5, 0.6) is 5.75 Å². The molecule has 0 atom stereocenters. The molecule has 0 saturated heterocycles. The van der Waals surface area contributed by atoms with Crippen molar-refractivity contribution in [2.75, 3.05) is 7.11 Å². The summed E-state index contributed by atoms with van der Waals surface area (Å²) in [6.07, 6.45) is 2.91. The Kier molecular flexibility index (Phi) is 3.78. The highest BCUT2D eigenvalue weighted by Gasteiger charge is 2.09. The highest BCUT2D eigenvalue weighted by Crippen LogP contribution is 2.26. The van der Waals surface area contributed by atoms with E-state index in [2.05, 4.69) is 14.7 Å². The fraction of sp³-hybridized carbons (Fsp3) is 0.0833. The van der Waals surface area contributed by atoms with Gasteiger partial charge in [-0.25, -0.2) is 9.78 Å². The molecule has 0 amide bonds. The highest BCUT2D eigenvalue weighted by atomic mass is 32.2. The summed E-state index contributed by atoms with van der Waals surface area (Å²) in [4.78, 5) is 20.2. The second-order valence-electron chi connectivity index (χ2n) is 3.33. The quantitative estimate of drug-likeness (QED) is 0.854. The first-order valence-electron chi connectivity index (χ1n) is 5.06. The van der Waals surface area contributed by atoms with Gasteiger partial charge >= 0.3 is 5.97 Å². The minimum atomic E-state index is -0.518. The maximum Gasteiger partial charge on any atom is 0.358 e. The predicted molar refractivity (Wildman–Crippen MR) is 65.6 cm³/mol. The van der Waals surface area contributed by atoms with Crippen molar-refractivity contribution in [1.82, 2.24) is 9.97 Å². The molecule has 0 unspecified atom stereocenters. The van der Waals surface area contributed by atoms with Crippen LogP contribution < -0.4 is 0 Å². The van der Waals surface area contributed by atoms with Gasteiger partial charge in [0.15, 0.2) is 5.69 Å². The van der Waals surface area contributed by atoms with Gasteiger partial charge in [-0.3, -0.25) is 4.98 Å². The maximum atomic E-state index is 11.3. The average molecular weight is 262 g/mol. The molecule has 92 valence electrons. The van der Waals surface area contributed by atoms with E-state index < -0.39 is 5.97 Å². The van der Waals surface area contributed by atoms with Gasteiger partial charge < -0.3 is 9.84 Å². The molecular weight excluding hydrogens is 252 g/mol. The van der Waals surface area contributed by atoms with E-state index in [9.17, 15) is 9.90 Å². The summed E-state index contributed by atoms with van der Waals surface area (Å²) in [6, 6.07) is 6.68. The molecule has 0 saturated carbocycles. The molecule has 2 rings (SSSR count). The van der Waals surface area contributed by atoms with Gasteiger partial charge in [-0.2, -0.15) is 0 Å². The minimum Gasteiger partial charge on any atom is -0.508 e. The molecule has 0 fully saturated rings.